The lowest BCUT2D eigenvalue weighted by atomic mass is 9.97. The number of nitrogens with one attached hydrogen (secondary N) is 5. The number of nitrogens with zero attached hydrogens (tertiary/aromatic N) is 13. The third-order valence-corrected chi connectivity index (χ3v) is 18.5. The molecule has 5 aromatic carbocycles. The molecule has 7 heterocycles. The molecule has 0 radical (unpaired) electrons. The standard InChI is InChI=1S/C41H52N8O4.C31H36N8O.C11H18N2/c1-8-47(40(51)53-41(3,4)5)27-31-23-42-24-33(28(31)2)30-17-18-35-32(22-30)37(45-49(35)36-16-12-13-21-52-36)38-43-25-34(44-38)39(50)48(20-19-46(6)7)26-29-14-10-9-11-15-29;1-5-32-16-24-17-33-18-26(21(24)2)23-11-12-27-25(15-23)29(37-36-27)30-34-19-28(35-30)31(40)39(14-13-38(3)4)20-22-9-7-6-8-10-22;1-13(2)9-8-12-10-11-6-4-3-5-7-11/h9-11,14-15,17-18,22-25,36H,8,12-13,16,19-21,26-27H2,1-7H3,(H,43,44);6-12,15,17-19,32H,5,13-14,16,20H2,1-4H3,(H,34,35)(H,36,37);3-7,12H,8-10H2,1-2H3. The fourth-order valence-corrected chi connectivity index (χ4v) is 12.5. The zero-order chi connectivity index (χ0) is 75.3. The number of amides is 3. The first-order valence-electron chi connectivity index (χ1n) is 36.8. The SMILES string of the molecule is CCN(Cc1cncc(-c2ccc3c(c2)c(-c2ncc(C(=O)N(CCN(C)C)Cc4ccccc4)[nH]2)nn3C2CCCCO2)c1C)C(=O)OC(C)(C)C.CCNCc1cncc(-c2ccc3[nH]nc(-c4ncc(C(=O)N(CCN(C)C)Cc5ccccc5)[nH]4)c3c2)c1C.CN(C)CCNCc1ccccc1. The van der Waals surface area contributed by atoms with Crippen LogP contribution >= 0.6 is 0 Å². The highest BCUT2D eigenvalue weighted by Gasteiger charge is 2.28. The van der Waals surface area contributed by atoms with Crippen LogP contribution < -0.4 is 10.6 Å². The Hall–Kier alpha value is -10.3. The summed E-state index contributed by atoms with van der Waals surface area (Å²) in [7, 11) is 12.2. The van der Waals surface area contributed by atoms with Crippen LogP contribution in [-0.4, -0.2) is 204 Å². The summed E-state index contributed by atoms with van der Waals surface area (Å²) in [6.07, 6.45) is 13.1. The Kier molecular flexibility index (Phi) is 27.8. The monoisotopic (exact) mass is 1430 g/mol. The number of pyridine rings is 2. The van der Waals surface area contributed by atoms with E-state index in [2.05, 4.69) is 150 Å². The molecule has 106 heavy (non-hydrogen) atoms. The highest BCUT2D eigenvalue weighted by atomic mass is 16.6. The number of ether oxygens (including phenoxy) is 2. The first kappa shape index (κ1) is 78.3. The number of rotatable bonds is 28. The van der Waals surface area contributed by atoms with Gasteiger partial charge >= 0.3 is 6.09 Å². The van der Waals surface area contributed by atoms with Gasteiger partial charge in [0.2, 0.25) is 0 Å². The van der Waals surface area contributed by atoms with E-state index in [0.29, 0.717) is 80.3 Å². The van der Waals surface area contributed by atoms with Crippen LogP contribution in [0.25, 0.3) is 67.1 Å². The molecule has 1 aliphatic rings. The number of fused-ring (bicyclic) bond motifs is 2. The smallest absolute Gasteiger partial charge is 0.410 e. The molecule has 23 heteroatoms. The van der Waals surface area contributed by atoms with E-state index in [9.17, 15) is 14.4 Å². The number of benzene rings is 5. The summed E-state index contributed by atoms with van der Waals surface area (Å²) in [5.74, 6) is 0.844. The van der Waals surface area contributed by atoms with Crippen molar-refractivity contribution in [2.75, 3.05) is 101 Å². The van der Waals surface area contributed by atoms with Crippen molar-refractivity contribution < 1.29 is 23.9 Å². The van der Waals surface area contributed by atoms with E-state index in [0.717, 1.165) is 131 Å². The largest absolute Gasteiger partial charge is 0.444 e. The average Bonchev–Trinajstić information content (AvgIpc) is 1.60. The van der Waals surface area contributed by atoms with Crippen molar-refractivity contribution in [1.82, 2.24) is 89.9 Å². The van der Waals surface area contributed by atoms with Crippen LogP contribution in [0.2, 0.25) is 0 Å². The number of aromatic nitrogens is 10. The van der Waals surface area contributed by atoms with Gasteiger partial charge in [0.1, 0.15) is 28.4 Å². The Morgan fingerprint density at radius 2 is 1.11 bits per heavy atom. The second-order valence-electron chi connectivity index (χ2n) is 28.7. The fourth-order valence-electron chi connectivity index (χ4n) is 12.5. The number of likely N-dealkylation sites (N-methyl/N-ethyl adjacent to an activating group) is 3. The second-order valence-corrected chi connectivity index (χ2v) is 28.7. The minimum absolute atomic E-state index is 0.0933. The lowest BCUT2D eigenvalue weighted by Crippen LogP contribution is -2.36. The second kappa shape index (κ2) is 37.6. The highest BCUT2D eigenvalue weighted by Crippen LogP contribution is 2.37. The summed E-state index contributed by atoms with van der Waals surface area (Å²) < 4.78 is 13.8. The fraction of sp³-hybridized carbons (Fsp3) is 0.386. The maximum Gasteiger partial charge on any atom is 0.410 e. The Bertz CT molecular complexity index is 4610. The summed E-state index contributed by atoms with van der Waals surface area (Å²) in [6, 6.07) is 43.0. The van der Waals surface area contributed by atoms with E-state index in [4.69, 9.17) is 19.6 Å². The molecular weight excluding hydrogens is 1330 g/mol. The molecule has 0 bridgehead atoms. The van der Waals surface area contributed by atoms with Crippen molar-refractivity contribution in [3.8, 4) is 45.3 Å². The van der Waals surface area contributed by atoms with Crippen LogP contribution in [0.4, 0.5) is 4.79 Å². The summed E-state index contributed by atoms with van der Waals surface area (Å²) in [4.78, 5) is 77.2. The topological polar surface area (TPSA) is 243 Å². The van der Waals surface area contributed by atoms with Crippen LogP contribution in [0.5, 0.6) is 0 Å². The number of hydrogen-bond acceptors (Lipinski definition) is 16. The molecule has 3 amide bonds. The van der Waals surface area contributed by atoms with E-state index in [1.165, 1.54) is 16.7 Å². The summed E-state index contributed by atoms with van der Waals surface area (Å²) in [5, 5.41) is 21.3. The molecule has 1 atom stereocenters. The molecule has 11 aromatic rings. The number of carbonyl (C=O) groups is 3. The normalized spacial score (nSPS) is 13.0. The minimum Gasteiger partial charge on any atom is -0.444 e. The minimum atomic E-state index is -0.588. The van der Waals surface area contributed by atoms with Crippen molar-refractivity contribution in [1.29, 1.82) is 0 Å². The van der Waals surface area contributed by atoms with E-state index in [1.54, 1.807) is 17.3 Å². The van der Waals surface area contributed by atoms with Crippen LogP contribution in [0.1, 0.15) is 120 Å². The van der Waals surface area contributed by atoms with Gasteiger partial charge in [-0.2, -0.15) is 10.2 Å². The quantitative estimate of drug-likeness (QED) is 0.0286. The molecule has 23 nitrogen and oxygen atoms in total. The molecule has 558 valence electrons. The maximum absolute atomic E-state index is 14.0. The molecule has 0 aliphatic carbocycles. The molecule has 12 rings (SSSR count). The zero-order valence-electron chi connectivity index (χ0n) is 64.0. The molecule has 0 saturated carbocycles. The molecule has 1 aliphatic heterocycles. The molecule has 5 N–H and O–H groups in total. The lowest BCUT2D eigenvalue weighted by Gasteiger charge is -2.27. The molecule has 0 spiro atoms. The summed E-state index contributed by atoms with van der Waals surface area (Å²) >= 11 is 0. The first-order chi connectivity index (χ1) is 51.1. The zero-order valence-corrected chi connectivity index (χ0v) is 64.0. The number of H-pyrrole nitrogens is 3. The van der Waals surface area contributed by atoms with Crippen molar-refractivity contribution >= 4 is 39.7 Å². The summed E-state index contributed by atoms with van der Waals surface area (Å²) in [5.41, 5.74) is 15.2. The number of hydrogen-bond donors (Lipinski definition) is 5. The van der Waals surface area contributed by atoms with Gasteiger partial charge in [-0.15, -0.1) is 0 Å². The summed E-state index contributed by atoms with van der Waals surface area (Å²) in [6.45, 7) is 23.8. The van der Waals surface area contributed by atoms with E-state index in [1.807, 2.05) is 168 Å². The van der Waals surface area contributed by atoms with Crippen LogP contribution in [0.15, 0.2) is 165 Å². The van der Waals surface area contributed by atoms with Gasteiger partial charge in [0, 0.05) is 125 Å². The number of carbonyl (C=O) groups excluding carboxylic acids is 3. The predicted molar refractivity (Wildman–Crippen MR) is 422 cm³/mol. The van der Waals surface area contributed by atoms with E-state index in [-0.39, 0.29) is 24.1 Å². The highest BCUT2D eigenvalue weighted by molar-refractivity contribution is 5.98. The molecule has 1 fully saturated rings. The molecule has 1 saturated heterocycles. The van der Waals surface area contributed by atoms with Crippen LogP contribution in [-0.2, 0) is 42.2 Å². The third kappa shape index (κ3) is 21.3. The number of imidazole rings is 2. The first-order valence-corrected chi connectivity index (χ1v) is 36.8. The predicted octanol–water partition coefficient (Wildman–Crippen LogP) is 13.4. The Morgan fingerprint density at radius 3 is 1.65 bits per heavy atom. The Balaban J connectivity index is 0.000000199. The van der Waals surface area contributed by atoms with Crippen molar-refractivity contribution in [2.45, 2.75) is 112 Å². The van der Waals surface area contributed by atoms with Crippen molar-refractivity contribution in [2.24, 2.45) is 0 Å². The van der Waals surface area contributed by atoms with Gasteiger partial charge in [-0.3, -0.25) is 24.7 Å². The Morgan fingerprint density at radius 1 is 0.575 bits per heavy atom. The average molecular weight is 1440 g/mol. The van der Waals surface area contributed by atoms with Gasteiger partial charge < -0.3 is 59.5 Å². The van der Waals surface area contributed by atoms with Gasteiger partial charge in [0.25, 0.3) is 11.8 Å². The van der Waals surface area contributed by atoms with Crippen LogP contribution in [0, 0.1) is 13.8 Å². The van der Waals surface area contributed by atoms with Gasteiger partial charge in [-0.25, -0.2) is 19.4 Å². The van der Waals surface area contributed by atoms with Gasteiger partial charge in [-0.05, 0) is 184 Å². The molecule has 6 aromatic heterocycles. The van der Waals surface area contributed by atoms with Gasteiger partial charge in [0.05, 0.1) is 30.0 Å². The molecular formula is C83H106N18O5. The van der Waals surface area contributed by atoms with Crippen molar-refractivity contribution in [3.63, 3.8) is 0 Å². The van der Waals surface area contributed by atoms with Gasteiger partial charge in [-0.1, -0.05) is 110 Å². The lowest BCUT2D eigenvalue weighted by molar-refractivity contribution is -0.0365. The third-order valence-electron chi connectivity index (χ3n) is 18.5. The maximum atomic E-state index is 14.0. The molecule has 1 unspecified atom stereocenters. The van der Waals surface area contributed by atoms with E-state index < -0.39 is 5.60 Å². The van der Waals surface area contributed by atoms with E-state index >= 15 is 0 Å². The van der Waals surface area contributed by atoms with Gasteiger partial charge in [0.15, 0.2) is 17.9 Å². The Labute approximate surface area is 624 Å². The number of aromatic amines is 3. The van der Waals surface area contributed by atoms with Crippen LogP contribution in [0.3, 0.4) is 0 Å². The van der Waals surface area contributed by atoms with Crippen molar-refractivity contribution in [3.05, 3.63) is 215 Å².